The van der Waals surface area contributed by atoms with Crippen LogP contribution in [0.1, 0.15) is 27.2 Å². The lowest BCUT2D eigenvalue weighted by Gasteiger charge is -2.39. The maximum atomic E-state index is 12.5. The number of carbonyl (C=O) groups is 5. The highest BCUT2D eigenvalue weighted by Crippen LogP contribution is 2.56. The fourth-order valence-corrected chi connectivity index (χ4v) is 4.70. The molecular formula is C20H31N2O10PS. The molecule has 1 heterocycles. The van der Waals surface area contributed by atoms with Gasteiger partial charge in [0.2, 0.25) is 11.8 Å². The molecule has 1 aliphatic heterocycles. The SMILES string of the molecule is COC(=O)/C=C/C(=O)C(C)C(=O)SCCNC(=O)CCNC(=O)[C@@H]1OP(=O)(OC)OCC1(C)C. The van der Waals surface area contributed by atoms with Gasteiger partial charge >= 0.3 is 13.8 Å². The number of hydrogen-bond acceptors (Lipinski definition) is 11. The van der Waals surface area contributed by atoms with Crippen molar-refractivity contribution in [3.05, 3.63) is 12.2 Å². The minimum atomic E-state index is -3.80. The molecule has 0 aromatic heterocycles. The molecule has 2 N–H and O–H groups in total. The Bertz CT molecular complexity index is 860. The number of ether oxygens (including phenoxy) is 1. The second kappa shape index (κ2) is 13.7. The maximum absolute atomic E-state index is 12.5. The molecule has 12 nitrogen and oxygen atoms in total. The first-order valence-electron chi connectivity index (χ1n) is 10.3. The molecule has 1 fully saturated rings. The van der Waals surface area contributed by atoms with Crippen LogP contribution in [0, 0.1) is 11.3 Å². The van der Waals surface area contributed by atoms with Crippen molar-refractivity contribution in [2.24, 2.45) is 11.3 Å². The minimum absolute atomic E-state index is 0.00113. The third kappa shape index (κ3) is 9.67. The Morgan fingerprint density at radius 2 is 1.82 bits per heavy atom. The van der Waals surface area contributed by atoms with Crippen LogP contribution < -0.4 is 10.6 Å². The molecule has 0 aliphatic carbocycles. The van der Waals surface area contributed by atoms with Crippen LogP contribution in [0.5, 0.6) is 0 Å². The van der Waals surface area contributed by atoms with Crippen molar-refractivity contribution in [2.45, 2.75) is 33.3 Å². The van der Waals surface area contributed by atoms with Gasteiger partial charge in [-0.3, -0.25) is 32.7 Å². The zero-order chi connectivity index (χ0) is 25.9. The molecule has 2 unspecified atom stereocenters. The van der Waals surface area contributed by atoms with Crippen molar-refractivity contribution in [1.29, 1.82) is 0 Å². The van der Waals surface area contributed by atoms with Gasteiger partial charge in [-0.1, -0.05) is 25.6 Å². The first-order valence-corrected chi connectivity index (χ1v) is 12.8. The molecule has 0 spiro atoms. The standard InChI is InChI=1S/C20H31N2O10PS/c1-13(14(23)6-7-16(25)29-4)19(27)34-11-10-21-15(24)8-9-22-18(26)17-20(2,3)12-31-33(28,30-5)32-17/h6-7,13,17H,8-12H2,1-5H3,(H,21,24)(H,22,26)/b7-6+/t13?,17-,33?/m0/s1. The molecular weight excluding hydrogens is 491 g/mol. The van der Waals surface area contributed by atoms with E-state index in [1.165, 1.54) is 14.0 Å². The van der Waals surface area contributed by atoms with Crippen molar-refractivity contribution in [3.63, 3.8) is 0 Å². The van der Waals surface area contributed by atoms with Crippen molar-refractivity contribution < 1.29 is 46.8 Å². The molecule has 0 bridgehead atoms. The van der Waals surface area contributed by atoms with Crippen molar-refractivity contribution in [1.82, 2.24) is 10.6 Å². The number of nitrogens with one attached hydrogen (secondary N) is 2. The fourth-order valence-electron chi connectivity index (χ4n) is 2.55. The Kier molecular flexibility index (Phi) is 12.1. The lowest BCUT2D eigenvalue weighted by molar-refractivity contribution is -0.141. The molecule has 0 aromatic carbocycles. The van der Waals surface area contributed by atoms with E-state index in [1.807, 2.05) is 0 Å². The monoisotopic (exact) mass is 522 g/mol. The minimum Gasteiger partial charge on any atom is -0.466 e. The van der Waals surface area contributed by atoms with Gasteiger partial charge in [0, 0.05) is 43.9 Å². The molecule has 1 aliphatic rings. The highest BCUT2D eigenvalue weighted by atomic mass is 32.2. The van der Waals surface area contributed by atoms with Gasteiger partial charge in [0.1, 0.15) is 0 Å². The number of phosphoric ester groups is 1. The Morgan fingerprint density at radius 1 is 1.15 bits per heavy atom. The van der Waals surface area contributed by atoms with Gasteiger partial charge in [0.25, 0.3) is 0 Å². The predicted octanol–water partition coefficient (Wildman–Crippen LogP) is 0.999. The number of amides is 2. The Hall–Kier alpha value is -2.05. The fraction of sp³-hybridized carbons (Fsp3) is 0.650. The summed E-state index contributed by atoms with van der Waals surface area (Å²) in [5.74, 6) is -2.82. The molecule has 2 amide bonds. The number of hydrogen-bond donors (Lipinski definition) is 2. The van der Waals surface area contributed by atoms with Gasteiger partial charge in [0.15, 0.2) is 17.0 Å². The summed E-state index contributed by atoms with van der Waals surface area (Å²) in [4.78, 5) is 59.3. The van der Waals surface area contributed by atoms with E-state index < -0.39 is 48.0 Å². The molecule has 1 rings (SSSR count). The quantitative estimate of drug-likeness (QED) is 0.124. The molecule has 3 atom stereocenters. The van der Waals surface area contributed by atoms with E-state index in [1.54, 1.807) is 13.8 Å². The van der Waals surface area contributed by atoms with Crippen LogP contribution in [0.4, 0.5) is 0 Å². The van der Waals surface area contributed by atoms with Crippen molar-refractivity contribution >= 4 is 48.3 Å². The Balaban J connectivity index is 2.32. The molecule has 14 heteroatoms. The first-order chi connectivity index (χ1) is 15.8. The summed E-state index contributed by atoms with van der Waals surface area (Å²) in [5.41, 5.74) is -0.754. The Morgan fingerprint density at radius 3 is 2.44 bits per heavy atom. The van der Waals surface area contributed by atoms with Gasteiger partial charge in [-0.15, -0.1) is 0 Å². The average Bonchev–Trinajstić information content (AvgIpc) is 2.80. The van der Waals surface area contributed by atoms with Gasteiger partial charge in [-0.2, -0.15) is 0 Å². The van der Waals surface area contributed by atoms with E-state index >= 15 is 0 Å². The summed E-state index contributed by atoms with van der Waals surface area (Å²) in [7, 11) is -1.47. The topological polar surface area (TPSA) is 163 Å². The second-order valence-corrected chi connectivity index (χ2v) is 10.7. The number of allylic oxidation sites excluding steroid dienone is 1. The lowest BCUT2D eigenvalue weighted by Crippen LogP contribution is -2.50. The largest absolute Gasteiger partial charge is 0.475 e. The summed E-state index contributed by atoms with van der Waals surface area (Å²) in [6.07, 6.45) is 0.834. The summed E-state index contributed by atoms with van der Waals surface area (Å²) < 4.78 is 31.6. The number of phosphoric acid groups is 1. The molecule has 34 heavy (non-hydrogen) atoms. The van der Waals surface area contributed by atoms with E-state index in [0.717, 1.165) is 31.0 Å². The van der Waals surface area contributed by atoms with Gasteiger partial charge < -0.3 is 15.4 Å². The van der Waals surface area contributed by atoms with E-state index in [9.17, 15) is 28.5 Å². The van der Waals surface area contributed by atoms with Crippen LogP contribution in [0.3, 0.4) is 0 Å². The van der Waals surface area contributed by atoms with Gasteiger partial charge in [0.05, 0.1) is 19.6 Å². The lowest BCUT2D eigenvalue weighted by atomic mass is 9.87. The zero-order valence-corrected chi connectivity index (χ0v) is 21.5. The zero-order valence-electron chi connectivity index (χ0n) is 19.8. The van der Waals surface area contributed by atoms with Crippen LogP contribution in [-0.2, 0) is 46.8 Å². The molecule has 192 valence electrons. The number of esters is 1. The molecule has 0 radical (unpaired) electrons. The van der Waals surface area contributed by atoms with Crippen LogP contribution in [-0.4, -0.2) is 74.5 Å². The molecule has 1 saturated heterocycles. The van der Waals surface area contributed by atoms with E-state index in [-0.39, 0.29) is 37.8 Å². The van der Waals surface area contributed by atoms with E-state index in [4.69, 9.17) is 13.6 Å². The summed E-state index contributed by atoms with van der Waals surface area (Å²) in [5, 5.41) is 4.78. The van der Waals surface area contributed by atoms with Crippen LogP contribution in [0.25, 0.3) is 0 Å². The maximum Gasteiger partial charge on any atom is 0.475 e. The van der Waals surface area contributed by atoms with Gasteiger partial charge in [-0.05, 0) is 13.0 Å². The number of thioether (sulfide) groups is 1. The third-order valence-electron chi connectivity index (χ3n) is 4.69. The normalized spacial score (nSPS) is 22.6. The van der Waals surface area contributed by atoms with E-state index in [2.05, 4.69) is 15.4 Å². The van der Waals surface area contributed by atoms with Crippen LogP contribution in [0.2, 0.25) is 0 Å². The number of carbonyl (C=O) groups excluding carboxylic acids is 5. The highest BCUT2D eigenvalue weighted by Gasteiger charge is 2.48. The number of rotatable bonds is 12. The summed E-state index contributed by atoms with van der Waals surface area (Å²) in [6, 6.07) is 0. The van der Waals surface area contributed by atoms with Gasteiger partial charge in [-0.25, -0.2) is 9.36 Å². The van der Waals surface area contributed by atoms with Crippen molar-refractivity contribution in [3.8, 4) is 0 Å². The first kappa shape index (κ1) is 30.0. The average molecular weight is 523 g/mol. The number of methoxy groups -OCH3 is 1. The van der Waals surface area contributed by atoms with Crippen LogP contribution in [0.15, 0.2) is 12.2 Å². The summed E-state index contributed by atoms with van der Waals surface area (Å²) >= 11 is 0.883. The van der Waals surface area contributed by atoms with E-state index in [0.29, 0.717) is 0 Å². The smallest absolute Gasteiger partial charge is 0.466 e. The Labute approximate surface area is 202 Å². The molecule has 0 aromatic rings. The van der Waals surface area contributed by atoms with Crippen LogP contribution >= 0.6 is 19.6 Å². The highest BCUT2D eigenvalue weighted by molar-refractivity contribution is 8.13. The predicted molar refractivity (Wildman–Crippen MR) is 123 cm³/mol. The molecule has 0 saturated carbocycles. The number of ketones is 1. The third-order valence-corrected chi connectivity index (χ3v) is 7.09. The van der Waals surface area contributed by atoms with Crippen molar-refractivity contribution in [2.75, 3.05) is 39.7 Å². The second-order valence-electron chi connectivity index (χ2n) is 7.92. The summed E-state index contributed by atoms with van der Waals surface area (Å²) in [6.45, 7) is 5.05.